The fourth-order valence-electron chi connectivity index (χ4n) is 2.36. The predicted octanol–water partition coefficient (Wildman–Crippen LogP) is 2.04. The summed E-state index contributed by atoms with van der Waals surface area (Å²) < 4.78 is 7.11. The predicted molar refractivity (Wildman–Crippen MR) is 89.9 cm³/mol. The maximum Gasteiger partial charge on any atom is 0.320 e. The summed E-state index contributed by atoms with van der Waals surface area (Å²) in [7, 11) is 0. The first-order chi connectivity index (χ1) is 11.6. The largest absolute Gasteiger partial charge is 0.480 e. The topological polar surface area (TPSA) is 112 Å². The van der Waals surface area contributed by atoms with Crippen molar-refractivity contribution in [2.45, 2.75) is 33.2 Å². The van der Waals surface area contributed by atoms with Crippen molar-refractivity contribution in [2.24, 2.45) is 0 Å². The van der Waals surface area contributed by atoms with E-state index >= 15 is 0 Å². The Morgan fingerprint density at radius 1 is 1.29 bits per heavy atom. The van der Waals surface area contributed by atoms with Crippen molar-refractivity contribution in [1.82, 2.24) is 24.5 Å². The first-order valence-electron chi connectivity index (χ1n) is 7.86. The lowest BCUT2D eigenvalue weighted by molar-refractivity contribution is 0.286. The molecular weight excluding hydrogens is 308 g/mol. The SMILES string of the molecule is CCCCOc1nc(N)c2nc(O)n(Cc3cccnc3C)c2n1. The van der Waals surface area contributed by atoms with Crippen molar-refractivity contribution in [3.63, 3.8) is 0 Å². The highest BCUT2D eigenvalue weighted by Gasteiger charge is 2.17. The van der Waals surface area contributed by atoms with Gasteiger partial charge in [0.1, 0.15) is 0 Å². The Morgan fingerprint density at radius 3 is 2.88 bits per heavy atom. The molecule has 0 fully saturated rings. The van der Waals surface area contributed by atoms with E-state index in [0.717, 1.165) is 24.1 Å². The number of nitrogen functional groups attached to an aromatic ring is 1. The molecule has 3 heterocycles. The molecule has 3 aromatic heterocycles. The average molecular weight is 328 g/mol. The van der Waals surface area contributed by atoms with E-state index in [9.17, 15) is 5.11 Å². The van der Waals surface area contributed by atoms with Gasteiger partial charge in [-0.2, -0.15) is 15.0 Å². The lowest BCUT2D eigenvalue weighted by Gasteiger charge is -2.08. The van der Waals surface area contributed by atoms with E-state index in [1.54, 1.807) is 10.8 Å². The van der Waals surface area contributed by atoms with Gasteiger partial charge in [-0.05, 0) is 25.0 Å². The molecule has 0 spiro atoms. The first kappa shape index (κ1) is 16.0. The molecule has 24 heavy (non-hydrogen) atoms. The molecule has 8 nitrogen and oxygen atoms in total. The number of imidazole rings is 1. The van der Waals surface area contributed by atoms with Crippen LogP contribution < -0.4 is 10.5 Å². The zero-order valence-electron chi connectivity index (χ0n) is 13.7. The van der Waals surface area contributed by atoms with Crippen LogP contribution in [-0.2, 0) is 6.54 Å². The molecule has 0 radical (unpaired) electrons. The van der Waals surface area contributed by atoms with Crippen LogP contribution in [0.1, 0.15) is 31.0 Å². The van der Waals surface area contributed by atoms with E-state index in [1.165, 1.54) is 0 Å². The minimum Gasteiger partial charge on any atom is -0.480 e. The number of ether oxygens (including phenoxy) is 1. The standard InChI is InChI=1S/C16H20N6O2/c1-3-4-8-24-15-20-13(17)12-14(21-15)22(16(23)19-12)9-11-6-5-7-18-10(11)2/h5-7H,3-4,8-9H2,1-2H3,(H,19,23)(H2,17,20,21). The van der Waals surface area contributed by atoms with Gasteiger partial charge in [-0.3, -0.25) is 9.55 Å². The van der Waals surface area contributed by atoms with Gasteiger partial charge in [0.2, 0.25) is 0 Å². The van der Waals surface area contributed by atoms with Gasteiger partial charge in [0.25, 0.3) is 6.01 Å². The molecule has 0 aliphatic carbocycles. The van der Waals surface area contributed by atoms with Crippen molar-refractivity contribution < 1.29 is 9.84 Å². The number of hydrogen-bond donors (Lipinski definition) is 2. The van der Waals surface area contributed by atoms with Gasteiger partial charge in [-0.15, -0.1) is 0 Å². The molecule has 126 valence electrons. The number of unbranched alkanes of at least 4 members (excludes halogenated alkanes) is 1. The van der Waals surface area contributed by atoms with Gasteiger partial charge in [-0.25, -0.2) is 0 Å². The van der Waals surface area contributed by atoms with Crippen LogP contribution in [0.4, 0.5) is 5.82 Å². The van der Waals surface area contributed by atoms with Crippen LogP contribution in [0.2, 0.25) is 0 Å². The highest BCUT2D eigenvalue weighted by molar-refractivity contribution is 5.83. The summed E-state index contributed by atoms with van der Waals surface area (Å²) >= 11 is 0. The Hall–Kier alpha value is -2.90. The lowest BCUT2D eigenvalue weighted by atomic mass is 10.2. The minimum atomic E-state index is -0.167. The number of fused-ring (bicyclic) bond motifs is 1. The van der Waals surface area contributed by atoms with E-state index < -0.39 is 0 Å². The van der Waals surface area contributed by atoms with Crippen LogP contribution in [0, 0.1) is 6.92 Å². The third kappa shape index (κ3) is 3.08. The number of anilines is 1. The number of pyridine rings is 1. The fraction of sp³-hybridized carbons (Fsp3) is 0.375. The average Bonchev–Trinajstić information content (AvgIpc) is 2.87. The van der Waals surface area contributed by atoms with Gasteiger partial charge >= 0.3 is 6.01 Å². The van der Waals surface area contributed by atoms with Gasteiger partial charge in [-0.1, -0.05) is 19.4 Å². The minimum absolute atomic E-state index is 0.167. The third-order valence-electron chi connectivity index (χ3n) is 3.75. The molecule has 0 aliphatic heterocycles. The maximum atomic E-state index is 10.2. The van der Waals surface area contributed by atoms with Crippen molar-refractivity contribution in [3.05, 3.63) is 29.6 Å². The summed E-state index contributed by atoms with van der Waals surface area (Å²) in [5.41, 5.74) is 8.57. The summed E-state index contributed by atoms with van der Waals surface area (Å²) in [5, 5.41) is 10.2. The summed E-state index contributed by atoms with van der Waals surface area (Å²) in [5.74, 6) is 0.184. The maximum absolute atomic E-state index is 10.2. The highest BCUT2D eigenvalue weighted by atomic mass is 16.5. The first-order valence-corrected chi connectivity index (χ1v) is 7.86. The van der Waals surface area contributed by atoms with Crippen molar-refractivity contribution in [1.29, 1.82) is 0 Å². The number of aromatic hydroxyl groups is 1. The molecule has 0 bridgehead atoms. The Balaban J connectivity index is 2.00. The Kier molecular flexibility index (Phi) is 4.45. The van der Waals surface area contributed by atoms with Crippen LogP contribution in [-0.4, -0.2) is 36.2 Å². The summed E-state index contributed by atoms with van der Waals surface area (Å²) in [6, 6.07) is 3.82. The molecule has 0 aromatic carbocycles. The Bertz CT molecular complexity index is 861. The van der Waals surface area contributed by atoms with Crippen molar-refractivity contribution in [3.8, 4) is 12.0 Å². The van der Waals surface area contributed by atoms with Crippen LogP contribution in [0.3, 0.4) is 0 Å². The number of nitrogens with zero attached hydrogens (tertiary/aromatic N) is 5. The Labute approximate surface area is 139 Å². The molecule has 0 atom stereocenters. The molecule has 3 N–H and O–H groups in total. The smallest absolute Gasteiger partial charge is 0.320 e. The van der Waals surface area contributed by atoms with E-state index in [1.807, 2.05) is 19.1 Å². The summed E-state index contributed by atoms with van der Waals surface area (Å²) in [6.45, 7) is 4.88. The summed E-state index contributed by atoms with van der Waals surface area (Å²) in [6.07, 6.45) is 3.64. The lowest BCUT2D eigenvalue weighted by Crippen LogP contribution is -2.06. The van der Waals surface area contributed by atoms with E-state index in [0.29, 0.717) is 24.3 Å². The Morgan fingerprint density at radius 2 is 2.12 bits per heavy atom. The summed E-state index contributed by atoms with van der Waals surface area (Å²) in [4.78, 5) is 16.8. The number of aryl methyl sites for hydroxylation is 1. The molecule has 0 unspecified atom stereocenters. The number of hydrogen-bond acceptors (Lipinski definition) is 7. The normalized spacial score (nSPS) is 11.1. The molecule has 8 heteroatoms. The van der Waals surface area contributed by atoms with Gasteiger partial charge in [0.15, 0.2) is 17.0 Å². The van der Waals surface area contributed by atoms with E-state index in [2.05, 4.69) is 26.9 Å². The monoisotopic (exact) mass is 328 g/mol. The number of rotatable bonds is 6. The molecule has 0 saturated heterocycles. The molecule has 3 aromatic rings. The van der Waals surface area contributed by atoms with Crippen LogP contribution >= 0.6 is 0 Å². The van der Waals surface area contributed by atoms with Crippen LogP contribution in [0.25, 0.3) is 11.2 Å². The second kappa shape index (κ2) is 6.69. The quantitative estimate of drug-likeness (QED) is 0.666. The molecule has 0 saturated carbocycles. The van der Waals surface area contributed by atoms with Crippen molar-refractivity contribution >= 4 is 17.0 Å². The highest BCUT2D eigenvalue weighted by Crippen LogP contribution is 2.26. The molecular formula is C16H20N6O2. The van der Waals surface area contributed by atoms with E-state index in [4.69, 9.17) is 10.5 Å². The van der Waals surface area contributed by atoms with Gasteiger partial charge < -0.3 is 15.6 Å². The second-order valence-electron chi connectivity index (χ2n) is 5.51. The molecule has 0 aliphatic rings. The fourth-order valence-corrected chi connectivity index (χ4v) is 2.36. The molecule has 3 rings (SSSR count). The zero-order chi connectivity index (χ0) is 17.1. The number of nitrogens with two attached hydrogens (primary N) is 1. The zero-order valence-corrected chi connectivity index (χ0v) is 13.7. The third-order valence-corrected chi connectivity index (χ3v) is 3.75. The van der Waals surface area contributed by atoms with Gasteiger partial charge in [0.05, 0.1) is 13.2 Å². The second-order valence-corrected chi connectivity index (χ2v) is 5.51. The van der Waals surface area contributed by atoms with Crippen LogP contribution in [0.5, 0.6) is 12.0 Å². The number of aromatic nitrogens is 5. The van der Waals surface area contributed by atoms with Gasteiger partial charge in [0, 0.05) is 11.9 Å². The van der Waals surface area contributed by atoms with Crippen molar-refractivity contribution in [2.75, 3.05) is 12.3 Å². The van der Waals surface area contributed by atoms with E-state index in [-0.39, 0.29) is 17.8 Å². The molecule has 0 amide bonds. The van der Waals surface area contributed by atoms with Crippen LogP contribution in [0.15, 0.2) is 18.3 Å².